The molecule has 3 aromatic carbocycles. The van der Waals surface area contributed by atoms with Crippen molar-refractivity contribution in [2.45, 2.75) is 11.3 Å². The van der Waals surface area contributed by atoms with E-state index in [1.807, 2.05) is 24.3 Å². The molecule has 1 N–H and O–H groups in total. The van der Waals surface area contributed by atoms with Crippen LogP contribution in [0.25, 0.3) is 0 Å². The molecule has 0 atom stereocenters. The van der Waals surface area contributed by atoms with E-state index < -0.39 is 11.6 Å². The molecule has 0 aromatic heterocycles. The first-order valence-corrected chi connectivity index (χ1v) is 10.4. The van der Waals surface area contributed by atoms with Crippen molar-refractivity contribution in [3.8, 4) is 0 Å². The van der Waals surface area contributed by atoms with Crippen molar-refractivity contribution < 1.29 is 18.4 Å². The molecule has 0 radical (unpaired) electrons. The highest BCUT2D eigenvalue weighted by Crippen LogP contribution is 2.29. The second-order valence-corrected chi connectivity index (χ2v) is 7.87. The van der Waals surface area contributed by atoms with Crippen molar-refractivity contribution in [3.05, 3.63) is 89.5 Å². The Labute approximate surface area is 176 Å². The number of benzene rings is 3. The van der Waals surface area contributed by atoms with Crippen LogP contribution in [0.3, 0.4) is 0 Å². The molecule has 152 valence electrons. The molecule has 1 aliphatic heterocycles. The van der Waals surface area contributed by atoms with Crippen molar-refractivity contribution in [1.29, 1.82) is 0 Å². The fraction of sp³-hybridized carbons (Fsp3) is 0.130. The zero-order valence-corrected chi connectivity index (χ0v) is 16.7. The number of nitrogens with zero attached hydrogens (tertiary/aromatic N) is 1. The number of hydrogen-bond donors (Lipinski definition) is 1. The van der Waals surface area contributed by atoms with Crippen LogP contribution in [-0.4, -0.2) is 24.1 Å². The zero-order valence-electron chi connectivity index (χ0n) is 15.9. The number of amides is 2. The predicted octanol–water partition coefficient (Wildman–Crippen LogP) is 4.90. The third kappa shape index (κ3) is 4.36. The summed E-state index contributed by atoms with van der Waals surface area (Å²) in [5.41, 5.74) is 3.20. The molecular weight excluding hydrogens is 406 g/mol. The van der Waals surface area contributed by atoms with E-state index in [9.17, 15) is 18.4 Å². The number of anilines is 2. The normalized spacial score (nSPS) is 12.5. The molecule has 1 aliphatic rings. The van der Waals surface area contributed by atoms with Gasteiger partial charge in [0.15, 0.2) is 11.6 Å². The summed E-state index contributed by atoms with van der Waals surface area (Å²) in [6, 6.07) is 18.1. The maximum Gasteiger partial charge on any atom is 0.258 e. The van der Waals surface area contributed by atoms with E-state index in [0.29, 0.717) is 22.7 Å². The highest BCUT2D eigenvalue weighted by molar-refractivity contribution is 8.00. The van der Waals surface area contributed by atoms with E-state index >= 15 is 0 Å². The van der Waals surface area contributed by atoms with Gasteiger partial charge in [-0.1, -0.05) is 18.2 Å². The van der Waals surface area contributed by atoms with Gasteiger partial charge in [-0.05, 0) is 60.5 Å². The first kappa shape index (κ1) is 20.1. The first-order valence-electron chi connectivity index (χ1n) is 9.39. The summed E-state index contributed by atoms with van der Waals surface area (Å²) in [6.45, 7) is 0.651. The minimum atomic E-state index is -0.943. The molecule has 0 saturated heterocycles. The summed E-state index contributed by atoms with van der Waals surface area (Å²) in [5, 5.41) is 2.74. The lowest BCUT2D eigenvalue weighted by Gasteiger charge is -2.17. The Kier molecular flexibility index (Phi) is 5.81. The topological polar surface area (TPSA) is 49.4 Å². The van der Waals surface area contributed by atoms with Gasteiger partial charge in [-0.25, -0.2) is 8.78 Å². The molecule has 1 heterocycles. The van der Waals surface area contributed by atoms with E-state index in [2.05, 4.69) is 5.32 Å². The van der Waals surface area contributed by atoms with Gasteiger partial charge in [0.05, 0.1) is 5.75 Å². The van der Waals surface area contributed by atoms with E-state index in [-0.39, 0.29) is 17.6 Å². The molecule has 30 heavy (non-hydrogen) atoms. The molecule has 4 nitrogen and oxygen atoms in total. The second-order valence-electron chi connectivity index (χ2n) is 6.83. The lowest BCUT2D eigenvalue weighted by atomic mass is 10.1. The van der Waals surface area contributed by atoms with Crippen LogP contribution in [0, 0.1) is 11.6 Å². The predicted molar refractivity (Wildman–Crippen MR) is 114 cm³/mol. The fourth-order valence-corrected chi connectivity index (χ4v) is 4.03. The molecule has 0 spiro atoms. The number of rotatable bonds is 5. The maximum absolute atomic E-state index is 13.2. The lowest BCUT2D eigenvalue weighted by molar-refractivity contribution is -0.113. The van der Waals surface area contributed by atoms with Gasteiger partial charge in [0.2, 0.25) is 5.91 Å². The molecule has 3 aromatic rings. The fourth-order valence-electron chi connectivity index (χ4n) is 3.31. The third-order valence-corrected chi connectivity index (χ3v) is 5.80. The van der Waals surface area contributed by atoms with E-state index in [0.717, 1.165) is 41.6 Å². The van der Waals surface area contributed by atoms with Gasteiger partial charge < -0.3 is 10.2 Å². The lowest BCUT2D eigenvalue weighted by Crippen LogP contribution is -2.28. The number of thioether (sulfide) groups is 1. The molecule has 0 saturated carbocycles. The highest BCUT2D eigenvalue weighted by Gasteiger charge is 2.25. The summed E-state index contributed by atoms with van der Waals surface area (Å²) in [5.74, 6) is -2.17. The number of para-hydroxylation sites is 1. The minimum Gasteiger partial charge on any atom is -0.325 e. The standard InChI is InChI=1S/C23H18F2N2O2S/c24-19-10-9-18(13-20(19)25)30-14-22(28)26-17-7-5-16(6-8-17)23(29)27-12-11-15-3-1-2-4-21(15)27/h1-10,13H,11-12,14H2,(H,26,28). The van der Waals surface area contributed by atoms with Crippen molar-refractivity contribution >= 4 is 35.0 Å². The van der Waals surface area contributed by atoms with Gasteiger partial charge >= 0.3 is 0 Å². The molecule has 2 amide bonds. The zero-order chi connectivity index (χ0) is 21.1. The van der Waals surface area contributed by atoms with Crippen LogP contribution in [0.4, 0.5) is 20.2 Å². The van der Waals surface area contributed by atoms with Crippen LogP contribution in [0.2, 0.25) is 0 Å². The van der Waals surface area contributed by atoms with Crippen molar-refractivity contribution in [1.82, 2.24) is 0 Å². The average molecular weight is 424 g/mol. The quantitative estimate of drug-likeness (QED) is 0.593. The first-order chi connectivity index (χ1) is 14.5. The van der Waals surface area contributed by atoms with Crippen molar-refractivity contribution in [2.24, 2.45) is 0 Å². The second kappa shape index (κ2) is 8.67. The minimum absolute atomic E-state index is 0.0519. The van der Waals surface area contributed by atoms with Crippen molar-refractivity contribution in [3.63, 3.8) is 0 Å². The number of hydrogen-bond acceptors (Lipinski definition) is 3. The molecule has 0 aliphatic carbocycles. The number of fused-ring (bicyclic) bond motifs is 1. The molecular formula is C23H18F2N2O2S. The Morgan fingerprint density at radius 3 is 2.50 bits per heavy atom. The van der Waals surface area contributed by atoms with Crippen LogP contribution in [0.1, 0.15) is 15.9 Å². The largest absolute Gasteiger partial charge is 0.325 e. The van der Waals surface area contributed by atoms with Gasteiger partial charge in [-0.15, -0.1) is 11.8 Å². The summed E-state index contributed by atoms with van der Waals surface area (Å²) in [6.07, 6.45) is 0.839. The average Bonchev–Trinajstić information content (AvgIpc) is 3.19. The molecule has 7 heteroatoms. The van der Waals surface area contributed by atoms with Crippen LogP contribution in [0.15, 0.2) is 71.6 Å². The molecule has 0 fully saturated rings. The smallest absolute Gasteiger partial charge is 0.258 e. The Morgan fingerprint density at radius 2 is 1.73 bits per heavy atom. The number of halogens is 2. The number of carbonyl (C=O) groups is 2. The summed E-state index contributed by atoms with van der Waals surface area (Å²) >= 11 is 1.11. The Hall–Kier alpha value is -3.19. The summed E-state index contributed by atoms with van der Waals surface area (Å²) < 4.78 is 26.2. The van der Waals surface area contributed by atoms with E-state index in [1.165, 1.54) is 6.07 Å². The van der Waals surface area contributed by atoms with E-state index in [4.69, 9.17) is 0 Å². The number of nitrogens with one attached hydrogen (secondary N) is 1. The van der Waals surface area contributed by atoms with Gasteiger partial charge in [0.25, 0.3) is 5.91 Å². The summed E-state index contributed by atoms with van der Waals surface area (Å²) in [4.78, 5) is 27.2. The monoisotopic (exact) mass is 424 g/mol. The Bertz CT molecular complexity index is 1100. The van der Waals surface area contributed by atoms with Crippen molar-refractivity contribution in [2.75, 3.05) is 22.5 Å². The van der Waals surface area contributed by atoms with Gasteiger partial charge in [0.1, 0.15) is 0 Å². The van der Waals surface area contributed by atoms with Gasteiger partial charge in [-0.2, -0.15) is 0 Å². The Morgan fingerprint density at radius 1 is 0.967 bits per heavy atom. The Balaban J connectivity index is 1.35. The van der Waals surface area contributed by atoms with E-state index in [1.54, 1.807) is 29.2 Å². The van der Waals surface area contributed by atoms with Gasteiger partial charge in [-0.3, -0.25) is 9.59 Å². The van der Waals surface area contributed by atoms with Crippen LogP contribution in [-0.2, 0) is 11.2 Å². The molecule has 0 unspecified atom stereocenters. The SMILES string of the molecule is O=C(CSc1ccc(F)c(F)c1)Nc1ccc(C(=O)N2CCc3ccccc32)cc1. The molecule has 4 rings (SSSR count). The van der Waals surface area contributed by atoms with Crippen LogP contribution < -0.4 is 10.2 Å². The van der Waals surface area contributed by atoms with Crippen LogP contribution in [0.5, 0.6) is 0 Å². The summed E-state index contributed by atoms with van der Waals surface area (Å²) in [7, 11) is 0. The van der Waals surface area contributed by atoms with Crippen LogP contribution >= 0.6 is 11.8 Å². The van der Waals surface area contributed by atoms with Gasteiger partial charge in [0, 0.05) is 28.4 Å². The third-order valence-electron chi connectivity index (χ3n) is 4.81. The maximum atomic E-state index is 13.2. The highest BCUT2D eigenvalue weighted by atomic mass is 32.2. The molecule has 0 bridgehead atoms. The number of carbonyl (C=O) groups excluding carboxylic acids is 2.